The molecule has 0 bridgehead atoms. The number of hydrogen-bond donors (Lipinski definition) is 2. The summed E-state index contributed by atoms with van der Waals surface area (Å²) in [4.78, 5) is 23.0. The van der Waals surface area contributed by atoms with E-state index in [9.17, 15) is 31.2 Å². The molecule has 0 aromatic heterocycles. The number of piperazine rings is 1. The van der Waals surface area contributed by atoms with Crippen molar-refractivity contribution in [3.63, 3.8) is 0 Å². The lowest BCUT2D eigenvalue weighted by atomic mass is 10.2. The number of carboxylic acids is 1. The van der Waals surface area contributed by atoms with Crippen LogP contribution in [-0.2, 0) is 25.8 Å². The van der Waals surface area contributed by atoms with Crippen LogP contribution in [0.25, 0.3) is 0 Å². The molecule has 1 saturated heterocycles. The summed E-state index contributed by atoms with van der Waals surface area (Å²) >= 11 is 5.82. The van der Waals surface area contributed by atoms with E-state index >= 15 is 0 Å². The fourth-order valence-electron chi connectivity index (χ4n) is 2.58. The summed E-state index contributed by atoms with van der Waals surface area (Å²) in [5.74, 6) is -1.72. The number of carbonyl (C=O) groups excluding carboxylic acids is 1. The van der Waals surface area contributed by atoms with Crippen molar-refractivity contribution in [3.05, 3.63) is 28.8 Å². The summed E-state index contributed by atoms with van der Waals surface area (Å²) in [6.45, 7) is -0.457. The number of amides is 1. The average molecular weight is 444 g/mol. The van der Waals surface area contributed by atoms with Gasteiger partial charge in [-0.25, -0.2) is 8.42 Å². The van der Waals surface area contributed by atoms with Gasteiger partial charge in [-0.05, 0) is 18.2 Å². The van der Waals surface area contributed by atoms with Gasteiger partial charge in [-0.2, -0.15) is 17.5 Å². The molecule has 1 amide bonds. The van der Waals surface area contributed by atoms with Crippen molar-refractivity contribution in [3.8, 4) is 0 Å². The first-order chi connectivity index (χ1) is 12.9. The maximum absolute atomic E-state index is 12.9. The second kappa shape index (κ2) is 8.64. The highest BCUT2D eigenvalue weighted by Crippen LogP contribution is 2.34. The third-order valence-corrected chi connectivity index (χ3v) is 6.39. The molecule has 0 unspecified atom stereocenters. The van der Waals surface area contributed by atoms with Crippen LogP contribution >= 0.6 is 11.6 Å². The average Bonchev–Trinajstić information content (AvgIpc) is 2.59. The number of carboxylic acid groups (broad SMARTS) is 1. The van der Waals surface area contributed by atoms with Gasteiger partial charge in [-0.1, -0.05) is 11.6 Å². The Balaban J connectivity index is 2.05. The number of nitrogens with one attached hydrogen (secondary N) is 1. The monoisotopic (exact) mass is 443 g/mol. The third kappa shape index (κ3) is 5.56. The lowest BCUT2D eigenvalue weighted by Crippen LogP contribution is -2.51. The highest BCUT2D eigenvalue weighted by molar-refractivity contribution is 7.89. The molecule has 2 N–H and O–H groups in total. The Labute approximate surface area is 163 Å². The molecule has 156 valence electrons. The van der Waals surface area contributed by atoms with Crippen LogP contribution in [0.1, 0.15) is 5.56 Å². The Morgan fingerprint density at radius 2 is 1.79 bits per heavy atom. The van der Waals surface area contributed by atoms with Gasteiger partial charge in [-0.15, -0.1) is 0 Å². The normalized spacial score (nSPS) is 16.7. The Morgan fingerprint density at radius 3 is 2.32 bits per heavy atom. The predicted octanol–water partition coefficient (Wildman–Crippen LogP) is 0.866. The topological polar surface area (TPSA) is 107 Å². The summed E-state index contributed by atoms with van der Waals surface area (Å²) < 4.78 is 65.1. The molecule has 1 aliphatic heterocycles. The molecule has 1 aromatic rings. The van der Waals surface area contributed by atoms with Gasteiger partial charge in [-0.3, -0.25) is 14.5 Å². The summed E-state index contributed by atoms with van der Waals surface area (Å²) in [5.41, 5.74) is -1.12. The van der Waals surface area contributed by atoms with Crippen LogP contribution in [0, 0.1) is 0 Å². The molecular weight excluding hydrogens is 427 g/mol. The molecule has 2 rings (SSSR count). The molecule has 0 aliphatic carbocycles. The summed E-state index contributed by atoms with van der Waals surface area (Å²) in [7, 11) is -4.25. The van der Waals surface area contributed by atoms with Gasteiger partial charge in [0.05, 0.1) is 17.1 Å². The van der Waals surface area contributed by atoms with Gasteiger partial charge < -0.3 is 10.4 Å². The molecule has 1 heterocycles. The molecule has 1 fully saturated rings. The first-order valence-electron chi connectivity index (χ1n) is 7.99. The number of halogens is 4. The van der Waals surface area contributed by atoms with Gasteiger partial charge in [0.2, 0.25) is 15.9 Å². The Hall–Kier alpha value is -1.89. The van der Waals surface area contributed by atoms with Crippen molar-refractivity contribution in [2.75, 3.05) is 39.3 Å². The Bertz CT molecular complexity index is 855. The molecular formula is C15H17ClF3N3O5S. The van der Waals surface area contributed by atoms with Crippen molar-refractivity contribution in [1.29, 1.82) is 0 Å². The molecule has 1 aromatic carbocycles. The first-order valence-corrected chi connectivity index (χ1v) is 9.81. The third-order valence-electron chi connectivity index (χ3n) is 4.01. The number of benzene rings is 1. The number of rotatable bonds is 6. The molecule has 0 radical (unpaired) electrons. The molecule has 1 aliphatic rings. The van der Waals surface area contributed by atoms with E-state index < -0.39 is 45.1 Å². The molecule has 8 nitrogen and oxygen atoms in total. The lowest BCUT2D eigenvalue weighted by Gasteiger charge is -2.33. The van der Waals surface area contributed by atoms with Crippen molar-refractivity contribution in [2.24, 2.45) is 0 Å². The zero-order valence-corrected chi connectivity index (χ0v) is 15.9. The van der Waals surface area contributed by atoms with E-state index in [2.05, 4.69) is 5.32 Å². The van der Waals surface area contributed by atoms with Crippen LogP contribution < -0.4 is 5.32 Å². The highest BCUT2D eigenvalue weighted by atomic mass is 35.5. The molecule has 13 heteroatoms. The molecule has 0 atom stereocenters. The van der Waals surface area contributed by atoms with Gasteiger partial charge in [0, 0.05) is 26.2 Å². The van der Waals surface area contributed by atoms with Gasteiger partial charge in [0.15, 0.2) is 0 Å². The van der Waals surface area contributed by atoms with E-state index in [1.54, 1.807) is 4.90 Å². The number of hydrogen-bond acceptors (Lipinski definition) is 5. The maximum atomic E-state index is 12.9. The number of aliphatic carboxylic acids is 1. The fraction of sp³-hybridized carbons (Fsp3) is 0.467. The minimum Gasteiger partial charge on any atom is -0.480 e. The van der Waals surface area contributed by atoms with Crippen molar-refractivity contribution >= 4 is 33.5 Å². The summed E-state index contributed by atoms with van der Waals surface area (Å²) in [6.07, 6.45) is -4.71. The molecule has 0 saturated carbocycles. The smallest absolute Gasteiger partial charge is 0.416 e. The van der Waals surface area contributed by atoms with E-state index in [0.717, 1.165) is 10.4 Å². The summed E-state index contributed by atoms with van der Waals surface area (Å²) in [6, 6.07) is 2.10. The Kier molecular flexibility index (Phi) is 6.91. The van der Waals surface area contributed by atoms with Crippen molar-refractivity contribution in [1.82, 2.24) is 14.5 Å². The maximum Gasteiger partial charge on any atom is 0.416 e. The predicted molar refractivity (Wildman–Crippen MR) is 92.3 cm³/mol. The van der Waals surface area contributed by atoms with E-state index in [-0.39, 0.29) is 37.7 Å². The Morgan fingerprint density at radius 1 is 1.18 bits per heavy atom. The van der Waals surface area contributed by atoms with E-state index in [1.165, 1.54) is 0 Å². The van der Waals surface area contributed by atoms with Gasteiger partial charge >= 0.3 is 12.1 Å². The van der Waals surface area contributed by atoms with E-state index in [4.69, 9.17) is 16.7 Å². The SMILES string of the molecule is O=C(O)CNC(=O)CN1CCN(S(=O)(=O)c2cc(C(F)(F)F)ccc2Cl)CC1. The van der Waals surface area contributed by atoms with Crippen LogP contribution in [0.4, 0.5) is 13.2 Å². The number of alkyl halides is 3. The number of sulfonamides is 1. The second-order valence-electron chi connectivity index (χ2n) is 5.99. The zero-order valence-electron chi connectivity index (χ0n) is 14.4. The lowest BCUT2D eigenvalue weighted by molar-refractivity contribution is -0.138. The fourth-order valence-corrected chi connectivity index (χ4v) is 4.50. The summed E-state index contributed by atoms with van der Waals surface area (Å²) in [5, 5.41) is 10.4. The van der Waals surface area contributed by atoms with E-state index in [1.807, 2.05) is 0 Å². The largest absolute Gasteiger partial charge is 0.480 e. The van der Waals surface area contributed by atoms with Crippen LogP contribution in [-0.4, -0.2) is 73.9 Å². The molecule has 0 spiro atoms. The minimum atomic E-state index is -4.71. The zero-order chi connectivity index (χ0) is 21.1. The second-order valence-corrected chi connectivity index (χ2v) is 8.31. The van der Waals surface area contributed by atoms with Crippen molar-refractivity contribution in [2.45, 2.75) is 11.1 Å². The first kappa shape index (κ1) is 22.4. The van der Waals surface area contributed by atoms with Crippen molar-refractivity contribution < 1.29 is 36.3 Å². The quantitative estimate of drug-likeness (QED) is 0.675. The van der Waals surface area contributed by atoms with Crippen LogP contribution in [0.15, 0.2) is 23.1 Å². The standard InChI is InChI=1S/C15H17ClF3N3O5S/c16-11-2-1-10(15(17,18)19)7-12(11)28(26,27)22-5-3-21(4-6-22)9-13(23)20-8-14(24)25/h1-2,7H,3-6,8-9H2,(H,20,23)(H,24,25). The molecule has 28 heavy (non-hydrogen) atoms. The minimum absolute atomic E-state index is 0.0544. The van der Waals surface area contributed by atoms with E-state index in [0.29, 0.717) is 12.1 Å². The highest BCUT2D eigenvalue weighted by Gasteiger charge is 2.35. The van der Waals surface area contributed by atoms with Crippen LogP contribution in [0.2, 0.25) is 5.02 Å². The van der Waals surface area contributed by atoms with Gasteiger partial charge in [0.25, 0.3) is 0 Å². The van der Waals surface area contributed by atoms with Crippen LogP contribution in [0.3, 0.4) is 0 Å². The number of carbonyl (C=O) groups is 2. The van der Waals surface area contributed by atoms with Gasteiger partial charge in [0.1, 0.15) is 11.4 Å². The van der Waals surface area contributed by atoms with Crippen LogP contribution in [0.5, 0.6) is 0 Å². The number of nitrogens with zero attached hydrogens (tertiary/aromatic N) is 2.